The predicted molar refractivity (Wildman–Crippen MR) is 146 cm³/mol. The molecule has 0 bridgehead atoms. The van der Waals surface area contributed by atoms with Crippen LogP contribution in [0.5, 0.6) is 11.8 Å². The molecule has 0 saturated carbocycles. The Balaban J connectivity index is 1.07. The van der Waals surface area contributed by atoms with Gasteiger partial charge in [-0.15, -0.1) is 10.2 Å². The molecule has 2 aliphatic heterocycles. The van der Waals surface area contributed by atoms with Crippen molar-refractivity contribution in [2.45, 2.75) is 58.0 Å². The van der Waals surface area contributed by atoms with Crippen molar-refractivity contribution in [2.75, 3.05) is 51.3 Å². The van der Waals surface area contributed by atoms with Gasteiger partial charge in [-0.2, -0.15) is 4.52 Å². The van der Waals surface area contributed by atoms with Crippen LogP contribution in [-0.4, -0.2) is 94.0 Å². The summed E-state index contributed by atoms with van der Waals surface area (Å²) in [6, 6.07) is 13.7. The number of carbonyl (C=O) groups is 1. The molecule has 38 heavy (non-hydrogen) atoms. The summed E-state index contributed by atoms with van der Waals surface area (Å²) in [5, 5.41) is 12.8. The van der Waals surface area contributed by atoms with Crippen molar-refractivity contribution in [3.8, 4) is 11.8 Å². The molecule has 204 valence electrons. The van der Waals surface area contributed by atoms with Crippen molar-refractivity contribution in [1.82, 2.24) is 29.6 Å². The predicted octanol–water partition coefficient (Wildman–Crippen LogP) is 3.23. The fourth-order valence-electron chi connectivity index (χ4n) is 5.83. The second kappa shape index (κ2) is 11.6. The highest BCUT2D eigenvalue weighted by molar-refractivity contribution is 5.73. The van der Waals surface area contributed by atoms with Gasteiger partial charge in [0.05, 0.1) is 13.7 Å². The highest BCUT2D eigenvalue weighted by atomic mass is 16.5. The monoisotopic (exact) mass is 521 g/mol. The molecule has 2 aliphatic rings. The second-order valence-corrected chi connectivity index (χ2v) is 10.5. The van der Waals surface area contributed by atoms with Crippen LogP contribution in [0, 0.1) is 0 Å². The van der Waals surface area contributed by atoms with E-state index in [1.165, 1.54) is 5.56 Å². The molecule has 0 unspecified atom stereocenters. The first-order valence-electron chi connectivity index (χ1n) is 13.7. The van der Waals surface area contributed by atoms with Crippen molar-refractivity contribution in [2.24, 2.45) is 0 Å². The van der Waals surface area contributed by atoms with Crippen LogP contribution in [0.3, 0.4) is 0 Å². The number of ether oxygens (including phenoxy) is 2. The minimum Gasteiger partial charge on any atom is -0.494 e. The summed E-state index contributed by atoms with van der Waals surface area (Å²) < 4.78 is 13.0. The van der Waals surface area contributed by atoms with Gasteiger partial charge in [0.1, 0.15) is 11.6 Å². The summed E-state index contributed by atoms with van der Waals surface area (Å²) in [6.07, 6.45) is 3.12. The smallest absolute Gasteiger partial charge is 0.338 e. The van der Waals surface area contributed by atoms with E-state index in [4.69, 9.17) is 9.47 Å². The van der Waals surface area contributed by atoms with Gasteiger partial charge < -0.3 is 19.3 Å². The quantitative estimate of drug-likeness (QED) is 0.418. The van der Waals surface area contributed by atoms with Gasteiger partial charge >= 0.3 is 6.01 Å². The molecule has 0 N–H and O–H groups in total. The number of amides is 1. The molecule has 2 fully saturated rings. The number of hydrogen-bond donors (Lipinski definition) is 0. The Kier molecular flexibility index (Phi) is 7.97. The standard InChI is InChI=1S/C28H39N7O3/c1-20-18-33(22(3)36)19-21(2)34(20)14-5-17-38-25-8-6-23(7-9-25)24-12-15-32(16-13-24)27-11-10-26-29-30-28(37-4)35(26)31-27/h6-11,20-21,24H,5,12-19H2,1-4H3/t20-,21+. The van der Waals surface area contributed by atoms with Crippen LogP contribution in [0.15, 0.2) is 36.4 Å². The Morgan fingerprint density at radius 2 is 1.71 bits per heavy atom. The molecule has 10 heteroatoms. The topological polar surface area (TPSA) is 88.3 Å². The van der Waals surface area contributed by atoms with Gasteiger partial charge in [0.2, 0.25) is 5.91 Å². The minimum absolute atomic E-state index is 0.170. The summed E-state index contributed by atoms with van der Waals surface area (Å²) in [5.41, 5.74) is 2.05. The summed E-state index contributed by atoms with van der Waals surface area (Å²) in [4.78, 5) is 18.5. The van der Waals surface area contributed by atoms with E-state index in [1.54, 1.807) is 18.5 Å². The number of piperazine rings is 1. The van der Waals surface area contributed by atoms with Crippen LogP contribution in [0.2, 0.25) is 0 Å². The van der Waals surface area contributed by atoms with Crippen LogP contribution in [0.25, 0.3) is 5.65 Å². The SMILES string of the molecule is COc1nnc2ccc(N3CCC(c4ccc(OCCCN5[C@H](C)CN(C(C)=O)C[C@@H]5C)cc4)CC3)nn12. The number of aromatic nitrogens is 4. The first-order valence-corrected chi connectivity index (χ1v) is 13.7. The van der Waals surface area contributed by atoms with Crippen LogP contribution in [-0.2, 0) is 4.79 Å². The van der Waals surface area contributed by atoms with Crippen molar-refractivity contribution in [3.63, 3.8) is 0 Å². The maximum Gasteiger partial charge on any atom is 0.338 e. The van der Waals surface area contributed by atoms with Crippen molar-refractivity contribution in [1.29, 1.82) is 0 Å². The molecule has 10 nitrogen and oxygen atoms in total. The van der Waals surface area contributed by atoms with E-state index in [9.17, 15) is 4.79 Å². The third kappa shape index (κ3) is 5.70. The lowest BCUT2D eigenvalue weighted by Gasteiger charge is -2.44. The van der Waals surface area contributed by atoms with E-state index in [-0.39, 0.29) is 5.91 Å². The number of methoxy groups -OCH3 is 1. The number of fused-ring (bicyclic) bond motifs is 1. The first kappa shape index (κ1) is 26.2. The van der Waals surface area contributed by atoms with Crippen LogP contribution in [0.1, 0.15) is 51.5 Å². The van der Waals surface area contributed by atoms with E-state index in [1.807, 2.05) is 17.0 Å². The van der Waals surface area contributed by atoms with Crippen LogP contribution >= 0.6 is 0 Å². The lowest BCUT2D eigenvalue weighted by Crippen LogP contribution is -2.57. The summed E-state index contributed by atoms with van der Waals surface area (Å²) in [6.45, 7) is 11.3. The Bertz CT molecular complexity index is 1210. The number of rotatable bonds is 8. The normalized spacial score (nSPS) is 21.2. The van der Waals surface area contributed by atoms with Gasteiger partial charge in [0.25, 0.3) is 0 Å². The van der Waals surface area contributed by atoms with E-state index >= 15 is 0 Å². The maximum atomic E-state index is 11.7. The van der Waals surface area contributed by atoms with E-state index in [0.717, 1.165) is 63.6 Å². The van der Waals surface area contributed by atoms with Crippen LogP contribution in [0.4, 0.5) is 5.82 Å². The zero-order chi connectivity index (χ0) is 26.6. The molecule has 1 aromatic carbocycles. The number of hydrogen-bond acceptors (Lipinski definition) is 8. The molecular weight excluding hydrogens is 482 g/mol. The fourth-order valence-corrected chi connectivity index (χ4v) is 5.83. The number of piperidine rings is 1. The number of anilines is 1. The third-order valence-electron chi connectivity index (χ3n) is 7.95. The molecule has 3 aromatic rings. The summed E-state index contributed by atoms with van der Waals surface area (Å²) in [7, 11) is 1.58. The molecule has 2 atom stereocenters. The molecule has 0 radical (unpaired) electrons. The molecule has 0 aliphatic carbocycles. The van der Waals surface area contributed by atoms with Gasteiger partial charge in [-0.05, 0) is 68.9 Å². The van der Waals surface area contributed by atoms with Gasteiger partial charge in [-0.3, -0.25) is 9.69 Å². The average molecular weight is 522 g/mol. The van der Waals surface area contributed by atoms with Crippen molar-refractivity contribution >= 4 is 17.4 Å². The van der Waals surface area contributed by atoms with Gasteiger partial charge in [0.15, 0.2) is 5.65 Å². The molecule has 1 amide bonds. The van der Waals surface area contributed by atoms with E-state index < -0.39 is 0 Å². The first-order chi connectivity index (χ1) is 18.4. The maximum absolute atomic E-state index is 11.7. The number of benzene rings is 1. The highest BCUT2D eigenvalue weighted by Crippen LogP contribution is 2.31. The molecular formula is C28H39N7O3. The number of nitrogens with zero attached hydrogens (tertiary/aromatic N) is 7. The Morgan fingerprint density at radius 1 is 1.00 bits per heavy atom. The van der Waals surface area contributed by atoms with E-state index in [2.05, 4.69) is 63.2 Å². The Hall–Kier alpha value is -3.40. The zero-order valence-corrected chi connectivity index (χ0v) is 22.9. The minimum atomic E-state index is 0.170. The molecule has 5 rings (SSSR count). The fraction of sp³-hybridized carbons (Fsp3) is 0.571. The third-order valence-corrected chi connectivity index (χ3v) is 7.95. The molecule has 4 heterocycles. The lowest BCUT2D eigenvalue weighted by atomic mass is 9.89. The molecule has 0 spiro atoms. The summed E-state index contributed by atoms with van der Waals surface area (Å²) >= 11 is 0. The average Bonchev–Trinajstić information content (AvgIpc) is 3.35. The second-order valence-electron chi connectivity index (χ2n) is 10.5. The van der Waals surface area contributed by atoms with Crippen molar-refractivity contribution in [3.05, 3.63) is 42.0 Å². The summed E-state index contributed by atoms with van der Waals surface area (Å²) in [5.74, 6) is 2.55. The van der Waals surface area contributed by atoms with Gasteiger partial charge in [-0.1, -0.05) is 17.2 Å². The molecule has 2 saturated heterocycles. The van der Waals surface area contributed by atoms with E-state index in [0.29, 0.717) is 36.3 Å². The largest absolute Gasteiger partial charge is 0.494 e. The highest BCUT2D eigenvalue weighted by Gasteiger charge is 2.30. The van der Waals surface area contributed by atoms with Gasteiger partial charge in [0, 0.05) is 51.7 Å². The lowest BCUT2D eigenvalue weighted by molar-refractivity contribution is -0.133. The van der Waals surface area contributed by atoms with Crippen molar-refractivity contribution < 1.29 is 14.3 Å². The molecule has 2 aromatic heterocycles. The Labute approximate surface area is 224 Å². The zero-order valence-electron chi connectivity index (χ0n) is 22.9. The van der Waals surface area contributed by atoms with Crippen LogP contribution < -0.4 is 14.4 Å². The Morgan fingerprint density at radius 3 is 2.37 bits per heavy atom. The number of carbonyl (C=O) groups excluding carboxylic acids is 1. The van der Waals surface area contributed by atoms with Gasteiger partial charge in [-0.25, -0.2) is 0 Å².